The minimum absolute atomic E-state index is 0.140. The molecule has 0 atom stereocenters. The molecular weight excluding hydrogens is 326 g/mol. The monoisotopic (exact) mass is 337 g/mol. The first kappa shape index (κ1) is 14.4. The molecule has 0 saturated heterocycles. The number of hydrogen-bond acceptors (Lipinski definition) is 7. The van der Waals surface area contributed by atoms with Gasteiger partial charge < -0.3 is 4.98 Å². The van der Waals surface area contributed by atoms with Crippen molar-refractivity contribution in [1.29, 1.82) is 0 Å². The van der Waals surface area contributed by atoms with Crippen LogP contribution >= 0.6 is 34.9 Å². The molecule has 2 N–H and O–H groups in total. The average molecular weight is 337 g/mol. The van der Waals surface area contributed by atoms with Gasteiger partial charge in [-0.1, -0.05) is 29.6 Å². The van der Waals surface area contributed by atoms with Crippen molar-refractivity contribution in [3.8, 4) is 10.7 Å². The van der Waals surface area contributed by atoms with E-state index in [0.29, 0.717) is 16.1 Å². The summed E-state index contributed by atoms with van der Waals surface area (Å²) in [6.45, 7) is 0. The molecule has 0 fully saturated rings. The number of H-pyrrole nitrogens is 2. The second kappa shape index (κ2) is 6.46. The second-order valence-corrected chi connectivity index (χ2v) is 6.66. The van der Waals surface area contributed by atoms with Crippen LogP contribution in [0.3, 0.4) is 0 Å². The van der Waals surface area contributed by atoms with Gasteiger partial charge in [-0.3, -0.25) is 9.89 Å². The third-order valence-electron chi connectivity index (χ3n) is 2.53. The Balaban J connectivity index is 1.71. The van der Waals surface area contributed by atoms with Crippen LogP contribution in [-0.2, 0) is 5.75 Å². The van der Waals surface area contributed by atoms with Crippen molar-refractivity contribution >= 4 is 34.9 Å². The Kier molecular flexibility index (Phi) is 4.42. The number of thiophene rings is 1. The molecule has 0 unspecified atom stereocenters. The molecule has 0 aliphatic rings. The molecule has 0 spiro atoms. The van der Waals surface area contributed by atoms with Crippen molar-refractivity contribution < 1.29 is 0 Å². The number of rotatable bonds is 5. The fraction of sp³-hybridized carbons (Fsp3) is 0.167. The highest BCUT2D eigenvalue weighted by Gasteiger charge is 2.08. The Morgan fingerprint density at radius 2 is 2.29 bits per heavy atom. The Labute approximate surface area is 132 Å². The van der Waals surface area contributed by atoms with Gasteiger partial charge in [0, 0.05) is 11.8 Å². The van der Waals surface area contributed by atoms with Gasteiger partial charge in [0.1, 0.15) is 0 Å². The van der Waals surface area contributed by atoms with Crippen molar-refractivity contribution in [2.75, 3.05) is 6.26 Å². The Morgan fingerprint density at radius 1 is 1.38 bits per heavy atom. The van der Waals surface area contributed by atoms with Gasteiger partial charge >= 0.3 is 0 Å². The number of nitrogens with one attached hydrogen (secondary N) is 2. The molecule has 0 radical (unpaired) electrons. The first-order valence-electron chi connectivity index (χ1n) is 5.98. The zero-order valence-electron chi connectivity index (χ0n) is 11.0. The van der Waals surface area contributed by atoms with Gasteiger partial charge in [0.05, 0.1) is 10.6 Å². The number of thioether (sulfide) groups is 2. The van der Waals surface area contributed by atoms with E-state index in [-0.39, 0.29) is 5.56 Å². The highest BCUT2D eigenvalue weighted by atomic mass is 32.2. The summed E-state index contributed by atoms with van der Waals surface area (Å²) >= 11 is 4.46. The second-order valence-electron chi connectivity index (χ2n) is 3.98. The molecule has 21 heavy (non-hydrogen) atoms. The van der Waals surface area contributed by atoms with Crippen LogP contribution in [0.1, 0.15) is 5.69 Å². The van der Waals surface area contributed by atoms with E-state index >= 15 is 0 Å². The van der Waals surface area contributed by atoms with E-state index in [0.717, 1.165) is 16.4 Å². The number of aromatic nitrogens is 5. The maximum absolute atomic E-state index is 11.5. The smallest absolute Gasteiger partial charge is 0.251 e. The minimum atomic E-state index is -0.140. The third-order valence-corrected chi connectivity index (χ3v) is 4.87. The summed E-state index contributed by atoms with van der Waals surface area (Å²) in [6, 6.07) is 5.46. The molecule has 3 rings (SSSR count). The highest BCUT2D eigenvalue weighted by molar-refractivity contribution is 7.98. The predicted molar refractivity (Wildman–Crippen MR) is 85.9 cm³/mol. The number of aromatic amines is 2. The summed E-state index contributed by atoms with van der Waals surface area (Å²) in [5.74, 6) is 1.32. The SMILES string of the molecule is CSc1nc(CSc2n[nH]c(-c3cccs3)n2)cc(=O)[nH]1. The van der Waals surface area contributed by atoms with E-state index in [4.69, 9.17) is 0 Å². The lowest BCUT2D eigenvalue weighted by atomic mass is 10.4. The van der Waals surface area contributed by atoms with Crippen LogP contribution in [0.15, 0.2) is 38.7 Å². The van der Waals surface area contributed by atoms with Gasteiger partial charge in [0.25, 0.3) is 5.56 Å². The maximum atomic E-state index is 11.5. The van der Waals surface area contributed by atoms with Gasteiger partial charge in [0.2, 0.25) is 5.16 Å². The highest BCUT2D eigenvalue weighted by Crippen LogP contribution is 2.24. The normalized spacial score (nSPS) is 10.9. The van der Waals surface area contributed by atoms with E-state index in [2.05, 4.69) is 25.1 Å². The summed E-state index contributed by atoms with van der Waals surface area (Å²) in [6.07, 6.45) is 1.87. The van der Waals surface area contributed by atoms with E-state index in [9.17, 15) is 4.79 Å². The molecule has 3 aromatic heterocycles. The molecular formula is C12H11N5OS3. The fourth-order valence-corrected chi connectivity index (χ4v) is 3.39. The maximum Gasteiger partial charge on any atom is 0.251 e. The molecule has 0 aliphatic heterocycles. The molecule has 108 valence electrons. The molecule has 3 heterocycles. The Bertz CT molecular complexity index is 780. The quantitative estimate of drug-likeness (QED) is 0.550. The minimum Gasteiger partial charge on any atom is -0.301 e. The first-order valence-corrected chi connectivity index (χ1v) is 9.07. The topological polar surface area (TPSA) is 87.3 Å². The van der Waals surface area contributed by atoms with Crippen LogP contribution in [0.4, 0.5) is 0 Å². The van der Waals surface area contributed by atoms with Crippen LogP contribution in [-0.4, -0.2) is 31.4 Å². The zero-order chi connectivity index (χ0) is 14.7. The van der Waals surface area contributed by atoms with E-state index < -0.39 is 0 Å². The average Bonchev–Trinajstić information content (AvgIpc) is 3.15. The first-order chi connectivity index (χ1) is 10.2. The van der Waals surface area contributed by atoms with Gasteiger partial charge in [-0.25, -0.2) is 9.97 Å². The Morgan fingerprint density at radius 3 is 3.05 bits per heavy atom. The van der Waals surface area contributed by atoms with Crippen LogP contribution < -0.4 is 5.56 Å². The molecule has 0 aromatic carbocycles. The zero-order valence-corrected chi connectivity index (χ0v) is 13.4. The summed E-state index contributed by atoms with van der Waals surface area (Å²) in [4.78, 5) is 24.0. The lowest BCUT2D eigenvalue weighted by Gasteiger charge is -2.00. The van der Waals surface area contributed by atoms with Crippen molar-refractivity contribution in [2.24, 2.45) is 0 Å². The van der Waals surface area contributed by atoms with Crippen molar-refractivity contribution in [3.63, 3.8) is 0 Å². The lowest BCUT2D eigenvalue weighted by Crippen LogP contribution is -2.09. The van der Waals surface area contributed by atoms with Gasteiger partial charge in [-0.05, 0) is 17.7 Å². The van der Waals surface area contributed by atoms with Crippen LogP contribution in [0.5, 0.6) is 0 Å². The largest absolute Gasteiger partial charge is 0.301 e. The third kappa shape index (κ3) is 3.55. The fourth-order valence-electron chi connectivity index (χ4n) is 1.63. The van der Waals surface area contributed by atoms with Crippen LogP contribution in [0, 0.1) is 0 Å². The Hall–Kier alpha value is -1.58. The molecule has 0 bridgehead atoms. The molecule has 0 amide bonds. The van der Waals surface area contributed by atoms with Crippen molar-refractivity contribution in [2.45, 2.75) is 16.1 Å². The predicted octanol–water partition coefficient (Wildman–Crippen LogP) is 2.63. The number of nitrogens with zero attached hydrogens (tertiary/aromatic N) is 3. The van der Waals surface area contributed by atoms with E-state index in [1.165, 1.54) is 29.6 Å². The van der Waals surface area contributed by atoms with Gasteiger partial charge in [0.15, 0.2) is 11.0 Å². The van der Waals surface area contributed by atoms with Crippen molar-refractivity contribution in [3.05, 3.63) is 39.6 Å². The lowest BCUT2D eigenvalue weighted by molar-refractivity contribution is 0.899. The molecule has 3 aromatic rings. The molecule has 0 saturated carbocycles. The molecule has 6 nitrogen and oxygen atoms in total. The van der Waals surface area contributed by atoms with Crippen molar-refractivity contribution in [1.82, 2.24) is 25.1 Å². The molecule has 0 aliphatic carbocycles. The van der Waals surface area contributed by atoms with E-state index in [1.807, 2.05) is 23.8 Å². The van der Waals surface area contributed by atoms with Gasteiger partial charge in [-0.15, -0.1) is 16.4 Å². The summed E-state index contributed by atoms with van der Waals surface area (Å²) in [5.41, 5.74) is 0.579. The van der Waals surface area contributed by atoms with Crippen LogP contribution in [0.2, 0.25) is 0 Å². The summed E-state index contributed by atoms with van der Waals surface area (Å²) in [5, 5.41) is 10.3. The van der Waals surface area contributed by atoms with E-state index in [1.54, 1.807) is 11.3 Å². The number of hydrogen-bond donors (Lipinski definition) is 2. The van der Waals surface area contributed by atoms with Crippen LogP contribution in [0.25, 0.3) is 10.7 Å². The van der Waals surface area contributed by atoms with Gasteiger partial charge in [-0.2, -0.15) is 0 Å². The molecule has 9 heteroatoms. The summed E-state index contributed by atoms with van der Waals surface area (Å²) in [7, 11) is 0. The summed E-state index contributed by atoms with van der Waals surface area (Å²) < 4.78 is 0. The standard InChI is InChI=1S/C12H11N5OS3/c1-19-11-13-7(5-9(18)14-11)6-21-12-15-10(16-17-12)8-3-2-4-20-8/h2-5H,6H2,1H3,(H,13,14,18)(H,15,16,17).